The number of rotatable bonds is 3. The Bertz CT molecular complexity index is 217. The molecule has 0 aromatic heterocycles. The Morgan fingerprint density at radius 2 is 1.87 bits per heavy atom. The molecule has 1 heterocycles. The van der Waals surface area contributed by atoms with Gasteiger partial charge in [-0.3, -0.25) is 0 Å². The summed E-state index contributed by atoms with van der Waals surface area (Å²) in [6.45, 7) is 1.25. The van der Waals surface area contributed by atoms with Crippen LogP contribution in [0.3, 0.4) is 0 Å². The van der Waals surface area contributed by atoms with Crippen molar-refractivity contribution in [2.75, 3.05) is 6.61 Å². The largest absolute Gasteiger partial charge is 0.470 e. The molecular formula is C9H16O6. The van der Waals surface area contributed by atoms with Crippen molar-refractivity contribution in [2.24, 2.45) is 0 Å². The molecule has 0 aromatic rings. The summed E-state index contributed by atoms with van der Waals surface area (Å²) < 4.78 is 10.0. The maximum Gasteiger partial charge on any atom is 0.228 e. The van der Waals surface area contributed by atoms with Gasteiger partial charge in [-0.15, -0.1) is 0 Å². The number of aliphatic hydroxyl groups is 4. The molecule has 1 unspecified atom stereocenters. The third kappa shape index (κ3) is 2.67. The van der Waals surface area contributed by atoms with E-state index in [4.69, 9.17) is 14.6 Å². The van der Waals surface area contributed by atoms with E-state index in [1.807, 2.05) is 0 Å². The van der Waals surface area contributed by atoms with E-state index in [1.54, 1.807) is 13.0 Å². The van der Waals surface area contributed by atoms with Crippen LogP contribution in [0.2, 0.25) is 0 Å². The fraction of sp³-hybridized carbons (Fsp3) is 0.778. The highest BCUT2D eigenvalue weighted by molar-refractivity contribution is 4.89. The van der Waals surface area contributed by atoms with Gasteiger partial charge in [0.1, 0.15) is 24.4 Å². The molecule has 1 aliphatic heterocycles. The molecule has 0 radical (unpaired) electrons. The molecule has 88 valence electrons. The van der Waals surface area contributed by atoms with Crippen LogP contribution in [-0.2, 0) is 9.47 Å². The highest BCUT2D eigenvalue weighted by Crippen LogP contribution is 2.21. The van der Waals surface area contributed by atoms with Gasteiger partial charge in [0, 0.05) is 0 Å². The maximum absolute atomic E-state index is 9.47. The third-order valence-corrected chi connectivity index (χ3v) is 2.20. The topological polar surface area (TPSA) is 99.4 Å². The van der Waals surface area contributed by atoms with Crippen molar-refractivity contribution in [3.8, 4) is 0 Å². The molecule has 0 aliphatic carbocycles. The van der Waals surface area contributed by atoms with Crippen LogP contribution < -0.4 is 0 Å². The Balaban J connectivity index is 2.65. The number of aliphatic hydroxyl groups excluding tert-OH is 4. The Morgan fingerprint density at radius 1 is 1.20 bits per heavy atom. The fourth-order valence-corrected chi connectivity index (χ4v) is 1.34. The first-order valence-electron chi connectivity index (χ1n) is 4.69. The van der Waals surface area contributed by atoms with E-state index < -0.39 is 37.3 Å². The van der Waals surface area contributed by atoms with Gasteiger partial charge in [0.15, 0.2) is 0 Å². The normalized spacial score (nSPS) is 42.1. The smallest absolute Gasteiger partial charge is 0.228 e. The molecule has 0 spiro atoms. The summed E-state index contributed by atoms with van der Waals surface area (Å²) in [6.07, 6.45) is -3.23. The first-order chi connectivity index (χ1) is 7.11. The second-order valence-corrected chi connectivity index (χ2v) is 3.30. The van der Waals surface area contributed by atoms with Crippen molar-refractivity contribution in [2.45, 2.75) is 37.6 Å². The Hall–Kier alpha value is -0.660. The van der Waals surface area contributed by atoms with Gasteiger partial charge in [-0.2, -0.15) is 0 Å². The van der Waals surface area contributed by atoms with Gasteiger partial charge in [0.2, 0.25) is 6.29 Å². The van der Waals surface area contributed by atoms with Gasteiger partial charge in [-0.1, -0.05) is 6.08 Å². The van der Waals surface area contributed by atoms with Crippen LogP contribution in [0.4, 0.5) is 0 Å². The van der Waals surface area contributed by atoms with Crippen LogP contribution in [0.25, 0.3) is 0 Å². The highest BCUT2D eigenvalue weighted by Gasteiger charge is 2.44. The van der Waals surface area contributed by atoms with Crippen molar-refractivity contribution < 1.29 is 29.9 Å². The van der Waals surface area contributed by atoms with Crippen molar-refractivity contribution in [3.05, 3.63) is 12.3 Å². The fourth-order valence-electron chi connectivity index (χ4n) is 1.34. The Morgan fingerprint density at radius 3 is 2.40 bits per heavy atom. The zero-order valence-electron chi connectivity index (χ0n) is 8.35. The first kappa shape index (κ1) is 12.4. The summed E-state index contributed by atoms with van der Waals surface area (Å²) in [4.78, 5) is 0. The summed E-state index contributed by atoms with van der Waals surface area (Å²) in [5.41, 5.74) is 0. The van der Waals surface area contributed by atoms with Crippen molar-refractivity contribution >= 4 is 0 Å². The Kier molecular flexibility index (Phi) is 4.49. The predicted molar refractivity (Wildman–Crippen MR) is 49.7 cm³/mol. The van der Waals surface area contributed by atoms with Gasteiger partial charge in [-0.05, 0) is 6.92 Å². The molecule has 1 saturated heterocycles. The molecule has 0 saturated carbocycles. The molecule has 1 rings (SSSR count). The lowest BCUT2D eigenvalue weighted by molar-refractivity contribution is -0.287. The van der Waals surface area contributed by atoms with E-state index in [9.17, 15) is 15.3 Å². The van der Waals surface area contributed by atoms with Gasteiger partial charge < -0.3 is 29.9 Å². The lowest BCUT2D eigenvalue weighted by Crippen LogP contribution is -2.58. The minimum Gasteiger partial charge on any atom is -0.470 e. The summed E-state index contributed by atoms with van der Waals surface area (Å²) in [5, 5.41) is 37.1. The average molecular weight is 220 g/mol. The van der Waals surface area contributed by atoms with Crippen molar-refractivity contribution in [3.63, 3.8) is 0 Å². The molecule has 5 atom stereocenters. The monoisotopic (exact) mass is 220 g/mol. The van der Waals surface area contributed by atoms with E-state index in [0.717, 1.165) is 0 Å². The minimum absolute atomic E-state index is 0.458. The van der Waals surface area contributed by atoms with E-state index in [2.05, 4.69) is 0 Å². The Labute approximate surface area is 87.4 Å². The zero-order valence-corrected chi connectivity index (χ0v) is 8.35. The molecular weight excluding hydrogens is 204 g/mol. The molecule has 4 N–H and O–H groups in total. The third-order valence-electron chi connectivity index (χ3n) is 2.20. The van der Waals surface area contributed by atoms with Crippen LogP contribution in [0, 0.1) is 0 Å². The SMILES string of the molecule is CC=COC1O[C@H](CO)[C@@H](O)[C@H](O)[C@H]1O. The van der Waals surface area contributed by atoms with E-state index in [-0.39, 0.29) is 0 Å². The lowest BCUT2D eigenvalue weighted by Gasteiger charge is -2.38. The summed E-state index contributed by atoms with van der Waals surface area (Å²) in [6, 6.07) is 0. The van der Waals surface area contributed by atoms with Crippen LogP contribution in [-0.4, -0.2) is 57.7 Å². The summed E-state index contributed by atoms with van der Waals surface area (Å²) in [5.74, 6) is 0. The van der Waals surface area contributed by atoms with Crippen LogP contribution in [0.15, 0.2) is 12.3 Å². The van der Waals surface area contributed by atoms with Gasteiger partial charge in [0.05, 0.1) is 12.9 Å². The second kappa shape index (κ2) is 5.43. The van der Waals surface area contributed by atoms with Gasteiger partial charge in [-0.25, -0.2) is 0 Å². The van der Waals surface area contributed by atoms with Crippen molar-refractivity contribution in [1.82, 2.24) is 0 Å². The number of allylic oxidation sites excluding steroid dienone is 1. The molecule has 6 nitrogen and oxygen atoms in total. The quantitative estimate of drug-likeness (QED) is 0.425. The van der Waals surface area contributed by atoms with Crippen molar-refractivity contribution in [1.29, 1.82) is 0 Å². The highest BCUT2D eigenvalue weighted by atomic mass is 16.7. The lowest BCUT2D eigenvalue weighted by atomic mass is 9.99. The van der Waals surface area contributed by atoms with E-state index >= 15 is 0 Å². The second-order valence-electron chi connectivity index (χ2n) is 3.30. The van der Waals surface area contributed by atoms with Crippen LogP contribution in [0.1, 0.15) is 6.92 Å². The molecule has 0 bridgehead atoms. The molecule has 15 heavy (non-hydrogen) atoms. The summed E-state index contributed by atoms with van der Waals surface area (Å²) in [7, 11) is 0. The average Bonchev–Trinajstić information content (AvgIpc) is 2.25. The van der Waals surface area contributed by atoms with Crippen LogP contribution >= 0.6 is 0 Å². The number of hydrogen-bond acceptors (Lipinski definition) is 6. The van der Waals surface area contributed by atoms with Gasteiger partial charge in [0.25, 0.3) is 0 Å². The first-order valence-corrected chi connectivity index (χ1v) is 4.69. The zero-order chi connectivity index (χ0) is 11.4. The maximum atomic E-state index is 9.47. The minimum atomic E-state index is -1.40. The van der Waals surface area contributed by atoms with Crippen LogP contribution in [0.5, 0.6) is 0 Å². The molecule has 1 fully saturated rings. The van der Waals surface area contributed by atoms with Gasteiger partial charge >= 0.3 is 0 Å². The molecule has 6 heteroatoms. The predicted octanol–water partition coefficient (Wildman–Crippen LogP) is -1.66. The number of ether oxygens (including phenoxy) is 2. The van der Waals surface area contributed by atoms with E-state index in [1.165, 1.54) is 6.26 Å². The number of hydrogen-bond donors (Lipinski definition) is 4. The summed E-state index contributed by atoms with van der Waals surface area (Å²) >= 11 is 0. The molecule has 1 aliphatic rings. The van der Waals surface area contributed by atoms with E-state index in [0.29, 0.717) is 0 Å². The molecule has 0 aromatic carbocycles. The standard InChI is InChI=1S/C9H16O6/c1-2-3-14-9-8(13)7(12)6(11)5(4-10)15-9/h2-3,5-13H,4H2,1H3/t5-,6-,7+,8-,9?/m1/s1. The molecule has 0 amide bonds.